The van der Waals surface area contributed by atoms with E-state index >= 15 is 0 Å². The summed E-state index contributed by atoms with van der Waals surface area (Å²) in [6.07, 6.45) is 5.21. The lowest BCUT2D eigenvalue weighted by molar-refractivity contribution is -0.152. The molecule has 132 valence electrons. The molecule has 0 aromatic carbocycles. The maximum absolute atomic E-state index is 13.2. The molecule has 7 nitrogen and oxygen atoms in total. The Bertz CT molecular complexity index is 555. The molecule has 1 spiro atoms. The minimum Gasteiger partial charge on any atom is -0.341 e. The Hall–Kier alpha value is -1.73. The highest BCUT2D eigenvalue weighted by Gasteiger charge is 2.49. The molecular formula is C17H28N6O. The fourth-order valence-electron chi connectivity index (χ4n) is 3.70. The second kappa shape index (κ2) is 7.03. The zero-order valence-electron chi connectivity index (χ0n) is 15.0. The molecule has 1 aromatic heterocycles. The van der Waals surface area contributed by atoms with Gasteiger partial charge >= 0.3 is 0 Å². The largest absolute Gasteiger partial charge is 0.341 e. The summed E-state index contributed by atoms with van der Waals surface area (Å²) in [6.45, 7) is 5.14. The van der Waals surface area contributed by atoms with Crippen molar-refractivity contribution in [1.82, 2.24) is 24.7 Å². The number of carbonyl (C=O) groups excluding carboxylic acids is 1. The molecule has 0 atom stereocenters. The normalized spacial score (nSPS) is 21.8. The molecule has 0 aliphatic carbocycles. The van der Waals surface area contributed by atoms with Crippen molar-refractivity contribution < 1.29 is 4.79 Å². The van der Waals surface area contributed by atoms with Crippen molar-refractivity contribution >= 4 is 11.9 Å². The van der Waals surface area contributed by atoms with E-state index in [2.05, 4.69) is 50.7 Å². The maximum Gasteiger partial charge on any atom is 0.243 e. The van der Waals surface area contributed by atoms with Crippen molar-refractivity contribution in [2.24, 2.45) is 0 Å². The van der Waals surface area contributed by atoms with Gasteiger partial charge in [-0.3, -0.25) is 9.69 Å². The molecule has 0 unspecified atom stereocenters. The lowest BCUT2D eigenvalue weighted by Crippen LogP contribution is -2.68. The third-order valence-electron chi connectivity index (χ3n) is 5.36. The van der Waals surface area contributed by atoms with Gasteiger partial charge in [-0.05, 0) is 40.1 Å². The second-order valence-electron chi connectivity index (χ2n) is 7.08. The number of likely N-dealkylation sites (N-methyl/N-ethyl adjacent to an activating group) is 2. The smallest absolute Gasteiger partial charge is 0.243 e. The van der Waals surface area contributed by atoms with Gasteiger partial charge in [0, 0.05) is 51.7 Å². The molecule has 0 saturated carbocycles. The number of hydrogen-bond acceptors (Lipinski definition) is 6. The van der Waals surface area contributed by atoms with Crippen LogP contribution in [0.15, 0.2) is 18.5 Å². The molecular weight excluding hydrogens is 304 g/mol. The molecule has 1 aromatic rings. The highest BCUT2D eigenvalue weighted by atomic mass is 16.2. The van der Waals surface area contributed by atoms with E-state index in [1.54, 1.807) is 12.4 Å². The van der Waals surface area contributed by atoms with Crippen molar-refractivity contribution in [3.63, 3.8) is 0 Å². The van der Waals surface area contributed by atoms with Gasteiger partial charge in [0.25, 0.3) is 0 Å². The van der Waals surface area contributed by atoms with Crippen LogP contribution >= 0.6 is 0 Å². The molecule has 0 radical (unpaired) electrons. The summed E-state index contributed by atoms with van der Waals surface area (Å²) in [5.74, 6) is 1.06. The van der Waals surface area contributed by atoms with E-state index in [-0.39, 0.29) is 5.54 Å². The Morgan fingerprint density at radius 1 is 1.12 bits per heavy atom. The molecule has 3 rings (SSSR count). The van der Waals surface area contributed by atoms with Gasteiger partial charge in [0.2, 0.25) is 11.9 Å². The van der Waals surface area contributed by atoms with Crippen LogP contribution in [0.3, 0.4) is 0 Å². The highest BCUT2D eigenvalue weighted by Crippen LogP contribution is 2.33. The third-order valence-corrected chi connectivity index (χ3v) is 5.36. The van der Waals surface area contributed by atoms with Crippen molar-refractivity contribution in [2.75, 3.05) is 65.3 Å². The molecule has 0 N–H and O–H groups in total. The van der Waals surface area contributed by atoms with Crippen molar-refractivity contribution in [3.05, 3.63) is 18.5 Å². The third kappa shape index (κ3) is 3.23. The average Bonchev–Trinajstić information content (AvgIpc) is 2.60. The number of piperidine rings is 1. The zero-order chi connectivity index (χ0) is 17.2. The first kappa shape index (κ1) is 17.1. The number of aromatic nitrogens is 2. The summed E-state index contributed by atoms with van der Waals surface area (Å²) in [5.41, 5.74) is -0.351. The van der Waals surface area contributed by atoms with E-state index in [0.29, 0.717) is 5.91 Å². The number of carbonyl (C=O) groups is 1. The molecule has 24 heavy (non-hydrogen) atoms. The van der Waals surface area contributed by atoms with Gasteiger partial charge in [-0.25, -0.2) is 9.97 Å². The zero-order valence-corrected chi connectivity index (χ0v) is 15.0. The standard InChI is InChI=1S/C17H28N6O/c1-20(2)11-13-22-14-12-21(3)17(15(22)24)5-9-23(10-6-17)16-18-7-4-8-19-16/h4,7-8H,5-6,9-14H2,1-3H3. The Labute approximate surface area is 144 Å². The molecule has 3 heterocycles. The van der Waals surface area contributed by atoms with Crippen molar-refractivity contribution in [1.29, 1.82) is 0 Å². The van der Waals surface area contributed by atoms with E-state index in [9.17, 15) is 4.79 Å². The van der Waals surface area contributed by atoms with Crippen LogP contribution < -0.4 is 4.90 Å². The van der Waals surface area contributed by atoms with Gasteiger partial charge in [-0.2, -0.15) is 0 Å². The molecule has 0 bridgehead atoms. The van der Waals surface area contributed by atoms with E-state index in [4.69, 9.17) is 0 Å². The quantitative estimate of drug-likeness (QED) is 0.782. The minimum atomic E-state index is -0.351. The Balaban J connectivity index is 1.69. The first-order valence-electron chi connectivity index (χ1n) is 8.70. The minimum absolute atomic E-state index is 0.298. The van der Waals surface area contributed by atoms with Crippen LogP contribution in [-0.4, -0.2) is 96.5 Å². The van der Waals surface area contributed by atoms with Gasteiger partial charge in [0.15, 0.2) is 0 Å². The second-order valence-corrected chi connectivity index (χ2v) is 7.08. The van der Waals surface area contributed by atoms with Crippen LogP contribution in [0.1, 0.15) is 12.8 Å². The van der Waals surface area contributed by atoms with Gasteiger partial charge < -0.3 is 14.7 Å². The van der Waals surface area contributed by atoms with E-state index in [1.807, 2.05) is 6.07 Å². The summed E-state index contributed by atoms with van der Waals surface area (Å²) in [6, 6.07) is 1.83. The van der Waals surface area contributed by atoms with Gasteiger partial charge in [0.05, 0.1) is 0 Å². The molecule has 2 fully saturated rings. The molecule has 2 aliphatic rings. The van der Waals surface area contributed by atoms with Crippen LogP contribution in [-0.2, 0) is 4.79 Å². The number of amides is 1. The number of anilines is 1. The lowest BCUT2D eigenvalue weighted by Gasteiger charge is -2.51. The summed E-state index contributed by atoms with van der Waals surface area (Å²) < 4.78 is 0. The fourth-order valence-corrected chi connectivity index (χ4v) is 3.70. The molecule has 1 amide bonds. The van der Waals surface area contributed by atoms with Gasteiger partial charge in [-0.15, -0.1) is 0 Å². The van der Waals surface area contributed by atoms with E-state index < -0.39 is 0 Å². The van der Waals surface area contributed by atoms with Crippen LogP contribution in [0.2, 0.25) is 0 Å². The average molecular weight is 332 g/mol. The Morgan fingerprint density at radius 2 is 1.79 bits per heavy atom. The SMILES string of the molecule is CN(C)CCN1CCN(C)C2(CCN(c3ncccn3)CC2)C1=O. The topological polar surface area (TPSA) is 55.8 Å². The molecule has 2 aliphatic heterocycles. The summed E-state index contributed by atoms with van der Waals surface area (Å²) in [4.78, 5) is 30.5. The van der Waals surface area contributed by atoms with E-state index in [1.165, 1.54) is 0 Å². The summed E-state index contributed by atoms with van der Waals surface area (Å²) in [7, 11) is 6.19. The van der Waals surface area contributed by atoms with Crippen LogP contribution in [0.25, 0.3) is 0 Å². The molecule has 2 saturated heterocycles. The number of nitrogens with zero attached hydrogens (tertiary/aromatic N) is 6. The highest BCUT2D eigenvalue weighted by molar-refractivity contribution is 5.87. The first-order valence-corrected chi connectivity index (χ1v) is 8.70. The van der Waals surface area contributed by atoms with Crippen LogP contribution in [0.4, 0.5) is 5.95 Å². The monoisotopic (exact) mass is 332 g/mol. The van der Waals surface area contributed by atoms with Crippen molar-refractivity contribution in [2.45, 2.75) is 18.4 Å². The predicted octanol–water partition coefficient (Wildman–Crippen LogP) is 0.151. The van der Waals surface area contributed by atoms with Crippen LogP contribution in [0.5, 0.6) is 0 Å². The lowest BCUT2D eigenvalue weighted by atomic mass is 9.83. The fraction of sp³-hybridized carbons (Fsp3) is 0.706. The Morgan fingerprint density at radius 3 is 2.42 bits per heavy atom. The maximum atomic E-state index is 13.2. The van der Waals surface area contributed by atoms with Gasteiger partial charge in [0.1, 0.15) is 5.54 Å². The molecule has 7 heteroatoms. The van der Waals surface area contributed by atoms with Crippen LogP contribution in [0, 0.1) is 0 Å². The van der Waals surface area contributed by atoms with E-state index in [0.717, 1.165) is 58.1 Å². The van der Waals surface area contributed by atoms with Crippen molar-refractivity contribution in [3.8, 4) is 0 Å². The summed E-state index contributed by atoms with van der Waals surface area (Å²) >= 11 is 0. The number of piperazine rings is 1. The number of rotatable bonds is 4. The first-order chi connectivity index (χ1) is 11.5. The van der Waals surface area contributed by atoms with Gasteiger partial charge in [-0.1, -0.05) is 0 Å². The summed E-state index contributed by atoms with van der Waals surface area (Å²) in [5, 5.41) is 0. The number of hydrogen-bond donors (Lipinski definition) is 0. The predicted molar refractivity (Wildman–Crippen MR) is 94.0 cm³/mol. The Kier molecular flexibility index (Phi) is 5.01.